The number of alkyl halides is 3. The quantitative estimate of drug-likeness (QED) is 0.0907. The molecule has 0 saturated carbocycles. The fourth-order valence-electron chi connectivity index (χ4n) is 4.42. The molecule has 5 aromatic rings. The van der Waals surface area contributed by atoms with Crippen LogP contribution in [-0.2, 0) is 24.9 Å². The second-order valence-corrected chi connectivity index (χ2v) is 13.0. The van der Waals surface area contributed by atoms with E-state index >= 15 is 0 Å². The number of nitrogens with one attached hydrogen (secondary N) is 1. The third-order valence-corrected chi connectivity index (χ3v) is 9.84. The smallest absolute Gasteiger partial charge is 0.335 e. The molecule has 13 heteroatoms. The lowest BCUT2D eigenvalue weighted by molar-refractivity contribution is 0.0696. The number of carboxylic acids is 1. The number of carbonyl (C=O) groups is 2. The van der Waals surface area contributed by atoms with E-state index in [1.807, 2.05) is 48.5 Å². The number of rotatable bonds is 13. The van der Waals surface area contributed by atoms with Crippen molar-refractivity contribution >= 4 is 52.7 Å². The average molecular weight is 791 g/mol. The van der Waals surface area contributed by atoms with Crippen LogP contribution >= 0.6 is 35.1 Å². The number of ether oxygens (including phenoxy) is 2. The number of methoxy groups -OCH3 is 2. The minimum Gasteiger partial charge on any atom is -0.497 e. The number of hydrogen-bond acceptors (Lipinski definition) is 6. The fourth-order valence-corrected chi connectivity index (χ4v) is 6.66. The number of amides is 1. The van der Waals surface area contributed by atoms with E-state index in [4.69, 9.17) is 27.6 Å². The van der Waals surface area contributed by atoms with Gasteiger partial charge in [0.2, 0.25) is 0 Å². The zero-order valence-electron chi connectivity index (χ0n) is 29.1. The molecule has 2 N–H and O–H groups in total. The Morgan fingerprint density at radius 3 is 1.62 bits per heavy atom. The van der Waals surface area contributed by atoms with Gasteiger partial charge in [0.1, 0.15) is 30.7 Å². The van der Waals surface area contributed by atoms with Gasteiger partial charge in [0, 0.05) is 32.5 Å². The maximum Gasteiger partial charge on any atom is 0.335 e. The number of halogens is 5. The molecule has 5 aromatic carbocycles. The zero-order chi connectivity index (χ0) is 38.8. The molecule has 5 rings (SSSR count). The lowest BCUT2D eigenvalue weighted by Crippen LogP contribution is -2.12. The summed E-state index contributed by atoms with van der Waals surface area (Å²) in [5.41, 5.74) is 4.07. The minimum atomic E-state index is -1.01. The van der Waals surface area contributed by atoms with Crippen molar-refractivity contribution in [2.75, 3.05) is 26.7 Å². The number of thioether (sulfide) groups is 2. The highest BCUT2D eigenvalue weighted by atomic mass is 35.5. The van der Waals surface area contributed by atoms with Gasteiger partial charge in [0.05, 0.1) is 33.3 Å². The Hall–Kier alpha value is -4.65. The van der Waals surface area contributed by atoms with Crippen molar-refractivity contribution in [3.8, 4) is 11.5 Å². The molecule has 0 aliphatic rings. The summed E-state index contributed by atoms with van der Waals surface area (Å²) in [6.45, 7) is -1.23. The van der Waals surface area contributed by atoms with E-state index in [0.29, 0.717) is 43.7 Å². The Bertz CT molecular complexity index is 1940. The lowest BCUT2D eigenvalue weighted by atomic mass is 10.1. The van der Waals surface area contributed by atoms with Crippen molar-refractivity contribution < 1.29 is 43.1 Å². The van der Waals surface area contributed by atoms with Gasteiger partial charge in [-0.1, -0.05) is 55.4 Å². The molecule has 53 heavy (non-hydrogen) atoms. The summed E-state index contributed by atoms with van der Waals surface area (Å²) in [5, 5.41) is 11.6. The highest BCUT2D eigenvalue weighted by molar-refractivity contribution is 7.98. The molecule has 0 heterocycles. The van der Waals surface area contributed by atoms with Crippen LogP contribution < -0.4 is 14.8 Å². The van der Waals surface area contributed by atoms with Crippen molar-refractivity contribution in [3.63, 3.8) is 0 Å². The topological polar surface area (TPSA) is 84.9 Å². The Morgan fingerprint density at radius 2 is 1.21 bits per heavy atom. The first kappa shape index (κ1) is 42.8. The summed E-state index contributed by atoms with van der Waals surface area (Å²) in [4.78, 5) is 24.9. The van der Waals surface area contributed by atoms with Gasteiger partial charge in [-0.3, -0.25) is 9.18 Å². The van der Waals surface area contributed by atoms with E-state index in [9.17, 15) is 27.2 Å². The third-order valence-electron chi connectivity index (χ3n) is 7.22. The Balaban J connectivity index is 0.000000357. The predicted octanol–water partition coefficient (Wildman–Crippen LogP) is 11.9. The van der Waals surface area contributed by atoms with E-state index in [-0.39, 0.29) is 23.9 Å². The zero-order valence-corrected chi connectivity index (χ0v) is 30.5. The molecule has 1 amide bonds. The van der Waals surface area contributed by atoms with Crippen LogP contribution in [0.2, 0.25) is 5.02 Å². The first-order chi connectivity index (χ1) is 25.5. The minimum absolute atomic E-state index is 0. The SMILES string of the molecule is C.COc1ccc(CSc2cc(C(=O)Nc3ccc(F)c(Cl)c3)ccc2CF)cc1.COc1ccc(CSc2cc(C(=O)O)ccc2CF)cc1.[2H]CF. The standard InChI is InChI=1S/C22H18ClF2NO2S.C16H15FO3S.CH3F.CH4/c1-28-18-7-2-14(3-8-18)13-29-21-10-15(4-5-16(21)12-24)22(27)26-17-6-9-20(25)19(23)11-17;1-20-14-6-2-11(3-7-14)10-21-15-8-12(16(18)19)4-5-13(15)9-17;1-2;/h2-11H,12-13H2,1H3,(H,26,27);2-8H,9-10H2,1H3,(H,18,19);1H3;1H4/i;;1D;. The van der Waals surface area contributed by atoms with Crippen LogP contribution in [0.25, 0.3) is 0 Å². The molecule has 0 saturated heterocycles. The number of carboxylic acid groups (broad SMARTS) is 1. The first-order valence-corrected chi connectivity index (χ1v) is 17.6. The molecule has 282 valence electrons. The summed E-state index contributed by atoms with van der Waals surface area (Å²) in [5.74, 6) is 0.851. The molecule has 0 atom stereocenters. The van der Waals surface area contributed by atoms with Gasteiger partial charge in [-0.05, 0) is 89.0 Å². The molecule has 0 radical (unpaired) electrons. The molecule has 0 aromatic heterocycles. The van der Waals surface area contributed by atoms with Crippen LogP contribution in [0.1, 0.15) is 51.8 Å². The number of carbonyl (C=O) groups excluding carboxylic acids is 1. The van der Waals surface area contributed by atoms with Crippen LogP contribution in [0.4, 0.5) is 23.2 Å². The average Bonchev–Trinajstić information content (AvgIpc) is 3.18. The monoisotopic (exact) mass is 790 g/mol. The fraction of sp³-hybridized carbons (Fsp3) is 0.200. The van der Waals surface area contributed by atoms with Crippen molar-refractivity contribution in [1.82, 2.24) is 0 Å². The van der Waals surface area contributed by atoms with E-state index in [1.165, 1.54) is 59.9 Å². The van der Waals surface area contributed by atoms with E-state index < -0.39 is 32.3 Å². The Labute approximate surface area is 322 Å². The van der Waals surface area contributed by atoms with Gasteiger partial charge < -0.3 is 19.9 Å². The van der Waals surface area contributed by atoms with Crippen molar-refractivity contribution in [1.29, 1.82) is 0 Å². The lowest BCUT2D eigenvalue weighted by Gasteiger charge is -2.11. The maximum atomic E-state index is 13.4. The largest absolute Gasteiger partial charge is 0.497 e. The van der Waals surface area contributed by atoms with E-state index in [2.05, 4.69) is 5.32 Å². The molecular formula is C40H40ClF4NO5S2. The molecule has 0 aliphatic carbocycles. The number of anilines is 1. The summed E-state index contributed by atoms with van der Waals surface area (Å²) < 4.78 is 65.4. The van der Waals surface area contributed by atoms with Crippen LogP contribution in [0.5, 0.6) is 11.5 Å². The molecule has 0 unspecified atom stereocenters. The normalized spacial score (nSPS) is 10.3. The van der Waals surface area contributed by atoms with Crippen LogP contribution in [0.3, 0.4) is 0 Å². The second-order valence-electron chi connectivity index (χ2n) is 10.6. The third kappa shape index (κ3) is 13.7. The summed E-state index contributed by atoms with van der Waals surface area (Å²) in [6, 6.07) is 28.4. The van der Waals surface area contributed by atoms with Crippen molar-refractivity contribution in [3.05, 3.63) is 147 Å². The van der Waals surface area contributed by atoms with Gasteiger partial charge in [-0.25, -0.2) is 18.0 Å². The Kier molecular flexibility index (Phi) is 18.6. The Morgan fingerprint density at radius 1 is 0.755 bits per heavy atom. The first-order valence-electron chi connectivity index (χ1n) is 16.0. The number of aromatic carboxylic acids is 1. The second kappa shape index (κ2) is 23.1. The summed E-state index contributed by atoms with van der Waals surface area (Å²) >= 11 is 8.62. The van der Waals surface area contributed by atoms with Gasteiger partial charge in [0.15, 0.2) is 0 Å². The molecular weight excluding hydrogens is 750 g/mol. The van der Waals surface area contributed by atoms with Gasteiger partial charge in [0.25, 0.3) is 5.91 Å². The molecule has 6 nitrogen and oxygen atoms in total. The van der Waals surface area contributed by atoms with Crippen LogP contribution in [-0.4, -0.2) is 38.4 Å². The van der Waals surface area contributed by atoms with E-state index in [1.54, 1.807) is 32.4 Å². The van der Waals surface area contributed by atoms with Crippen LogP contribution in [0.15, 0.2) is 113 Å². The molecule has 0 fully saturated rings. The van der Waals surface area contributed by atoms with Gasteiger partial charge >= 0.3 is 5.97 Å². The summed E-state index contributed by atoms with van der Waals surface area (Å²) in [6.07, 6.45) is 0. The molecule has 0 spiro atoms. The van der Waals surface area contributed by atoms with Crippen LogP contribution in [0, 0.1) is 5.82 Å². The van der Waals surface area contributed by atoms with Gasteiger partial charge in [-0.15, -0.1) is 23.5 Å². The highest BCUT2D eigenvalue weighted by Gasteiger charge is 2.13. The predicted molar refractivity (Wildman–Crippen MR) is 208 cm³/mol. The van der Waals surface area contributed by atoms with Gasteiger partial charge in [-0.2, -0.15) is 0 Å². The highest BCUT2D eigenvalue weighted by Crippen LogP contribution is 2.31. The van der Waals surface area contributed by atoms with Crippen molar-refractivity contribution in [2.24, 2.45) is 0 Å². The van der Waals surface area contributed by atoms with E-state index in [0.717, 1.165) is 22.6 Å². The number of hydrogen-bond donors (Lipinski definition) is 2. The molecule has 0 aliphatic heterocycles. The number of benzene rings is 5. The molecule has 0 bridgehead atoms. The maximum absolute atomic E-state index is 13.4. The summed E-state index contributed by atoms with van der Waals surface area (Å²) in [7, 11) is 2.21. The van der Waals surface area contributed by atoms with Crippen molar-refractivity contribution in [2.45, 2.75) is 42.1 Å².